The van der Waals surface area contributed by atoms with E-state index in [1.165, 1.54) is 0 Å². The number of hydrazine groups is 1. The van der Waals surface area contributed by atoms with Gasteiger partial charge in [0.1, 0.15) is 17.5 Å². The molecule has 0 aromatic carbocycles. The van der Waals surface area contributed by atoms with Gasteiger partial charge in [-0.25, -0.2) is 15.8 Å². The first-order valence-corrected chi connectivity index (χ1v) is 5.48. The molecule has 1 aromatic heterocycles. The zero-order chi connectivity index (χ0) is 12.3. The van der Waals surface area contributed by atoms with Gasteiger partial charge in [-0.05, 0) is 19.8 Å². The molecule has 0 spiro atoms. The second-order valence-electron chi connectivity index (χ2n) is 4.49. The molecular weight excluding hydrogens is 202 g/mol. The zero-order valence-electron chi connectivity index (χ0n) is 10.7. The lowest BCUT2D eigenvalue weighted by molar-refractivity contribution is 0.632. The first kappa shape index (κ1) is 12.7. The molecule has 0 radical (unpaired) electrons. The Balaban J connectivity index is 3.07. The van der Waals surface area contributed by atoms with Crippen molar-refractivity contribution in [2.24, 2.45) is 11.8 Å². The lowest BCUT2D eigenvalue weighted by Crippen LogP contribution is -2.25. The maximum Gasteiger partial charge on any atom is 0.148 e. The molecule has 5 nitrogen and oxygen atoms in total. The van der Waals surface area contributed by atoms with E-state index < -0.39 is 0 Å². The average molecular weight is 223 g/mol. The number of nitrogens with one attached hydrogen (secondary N) is 1. The molecule has 90 valence electrons. The van der Waals surface area contributed by atoms with E-state index in [2.05, 4.69) is 34.1 Å². The monoisotopic (exact) mass is 223 g/mol. The van der Waals surface area contributed by atoms with Crippen LogP contribution in [-0.2, 0) is 0 Å². The summed E-state index contributed by atoms with van der Waals surface area (Å²) in [6.45, 7) is 9.17. The van der Waals surface area contributed by atoms with Crippen LogP contribution < -0.4 is 16.2 Å². The van der Waals surface area contributed by atoms with Gasteiger partial charge in [0.05, 0.1) is 0 Å². The maximum absolute atomic E-state index is 5.43. The van der Waals surface area contributed by atoms with E-state index in [4.69, 9.17) is 5.84 Å². The van der Waals surface area contributed by atoms with Crippen LogP contribution in [0.5, 0.6) is 0 Å². The second kappa shape index (κ2) is 5.12. The van der Waals surface area contributed by atoms with Crippen LogP contribution >= 0.6 is 0 Å². The molecule has 5 heteroatoms. The van der Waals surface area contributed by atoms with Crippen LogP contribution in [0.15, 0.2) is 0 Å². The van der Waals surface area contributed by atoms with Gasteiger partial charge in [-0.1, -0.05) is 13.8 Å². The van der Waals surface area contributed by atoms with Crippen molar-refractivity contribution >= 4 is 11.6 Å². The quantitative estimate of drug-likeness (QED) is 0.597. The third kappa shape index (κ3) is 2.82. The topological polar surface area (TPSA) is 67.1 Å². The van der Waals surface area contributed by atoms with Crippen LogP contribution in [0, 0.1) is 19.8 Å². The number of nitrogens with zero attached hydrogens (tertiary/aromatic N) is 3. The minimum Gasteiger partial charge on any atom is -0.359 e. The standard InChI is InChI=1S/C11H21N5/c1-7(2)6-16(5)11-8(3)10(15-12)13-9(4)14-11/h7H,6,12H2,1-5H3,(H,13,14,15). The first-order valence-electron chi connectivity index (χ1n) is 5.48. The Bertz CT molecular complexity index is 362. The smallest absolute Gasteiger partial charge is 0.148 e. The number of nitrogens with two attached hydrogens (primary N) is 1. The van der Waals surface area contributed by atoms with Crippen molar-refractivity contribution in [3.63, 3.8) is 0 Å². The van der Waals surface area contributed by atoms with Crippen LogP contribution in [0.2, 0.25) is 0 Å². The molecule has 0 saturated heterocycles. The Morgan fingerprint density at radius 3 is 2.44 bits per heavy atom. The molecule has 0 aliphatic carbocycles. The Morgan fingerprint density at radius 1 is 1.31 bits per heavy atom. The highest BCUT2D eigenvalue weighted by molar-refractivity contribution is 5.57. The second-order valence-corrected chi connectivity index (χ2v) is 4.49. The molecule has 1 rings (SSSR count). The van der Waals surface area contributed by atoms with Crippen LogP contribution in [0.4, 0.5) is 11.6 Å². The molecular formula is C11H21N5. The zero-order valence-corrected chi connectivity index (χ0v) is 10.7. The van der Waals surface area contributed by atoms with E-state index >= 15 is 0 Å². The van der Waals surface area contributed by atoms with E-state index in [9.17, 15) is 0 Å². The highest BCUT2D eigenvalue weighted by Gasteiger charge is 2.12. The maximum atomic E-state index is 5.43. The summed E-state index contributed by atoms with van der Waals surface area (Å²) < 4.78 is 0. The first-order chi connectivity index (χ1) is 7.45. The molecule has 0 aliphatic heterocycles. The van der Waals surface area contributed by atoms with Crippen molar-refractivity contribution < 1.29 is 0 Å². The van der Waals surface area contributed by atoms with Crippen molar-refractivity contribution in [1.82, 2.24) is 9.97 Å². The number of aromatic nitrogens is 2. The summed E-state index contributed by atoms with van der Waals surface area (Å²) in [5.74, 6) is 8.38. The fourth-order valence-electron chi connectivity index (χ4n) is 1.76. The van der Waals surface area contributed by atoms with Crippen molar-refractivity contribution in [3.8, 4) is 0 Å². The number of aryl methyl sites for hydroxylation is 1. The van der Waals surface area contributed by atoms with E-state index in [0.29, 0.717) is 11.7 Å². The molecule has 0 aliphatic rings. The summed E-state index contributed by atoms with van der Waals surface area (Å²) in [4.78, 5) is 10.8. The van der Waals surface area contributed by atoms with Crippen LogP contribution in [0.3, 0.4) is 0 Å². The Kier molecular flexibility index (Phi) is 4.06. The molecule has 0 amide bonds. The van der Waals surface area contributed by atoms with E-state index in [0.717, 1.165) is 23.8 Å². The highest BCUT2D eigenvalue weighted by Crippen LogP contribution is 2.22. The van der Waals surface area contributed by atoms with Crippen LogP contribution in [0.1, 0.15) is 25.2 Å². The third-order valence-electron chi connectivity index (χ3n) is 2.37. The van der Waals surface area contributed by atoms with Crippen LogP contribution in [0.25, 0.3) is 0 Å². The summed E-state index contributed by atoms with van der Waals surface area (Å²) in [5.41, 5.74) is 3.59. The fourth-order valence-corrected chi connectivity index (χ4v) is 1.76. The van der Waals surface area contributed by atoms with Gasteiger partial charge in [0, 0.05) is 19.2 Å². The van der Waals surface area contributed by atoms with Crippen LogP contribution in [-0.4, -0.2) is 23.6 Å². The molecule has 0 unspecified atom stereocenters. The number of hydrogen-bond acceptors (Lipinski definition) is 5. The average Bonchev–Trinajstić information content (AvgIpc) is 2.19. The van der Waals surface area contributed by atoms with Gasteiger partial charge in [-0.15, -0.1) is 0 Å². The SMILES string of the molecule is Cc1nc(NN)c(C)c(N(C)CC(C)C)n1. The van der Waals surface area contributed by atoms with E-state index in [1.807, 2.05) is 20.9 Å². The van der Waals surface area contributed by atoms with Gasteiger partial charge >= 0.3 is 0 Å². The molecule has 0 atom stereocenters. The van der Waals surface area contributed by atoms with Gasteiger partial charge in [-0.2, -0.15) is 0 Å². The number of anilines is 2. The number of hydrogen-bond donors (Lipinski definition) is 2. The summed E-state index contributed by atoms with van der Waals surface area (Å²) in [5, 5.41) is 0. The molecule has 0 saturated carbocycles. The highest BCUT2D eigenvalue weighted by atomic mass is 15.3. The summed E-state index contributed by atoms with van der Waals surface area (Å²) in [6.07, 6.45) is 0. The van der Waals surface area contributed by atoms with Gasteiger partial charge in [0.2, 0.25) is 0 Å². The van der Waals surface area contributed by atoms with Crippen molar-refractivity contribution in [2.75, 3.05) is 23.9 Å². The van der Waals surface area contributed by atoms with Crippen molar-refractivity contribution in [2.45, 2.75) is 27.7 Å². The van der Waals surface area contributed by atoms with Gasteiger partial charge in [-0.3, -0.25) is 0 Å². The predicted molar refractivity (Wildman–Crippen MR) is 67.4 cm³/mol. The lowest BCUT2D eigenvalue weighted by atomic mass is 10.2. The predicted octanol–water partition coefficient (Wildman–Crippen LogP) is 1.47. The van der Waals surface area contributed by atoms with Crippen molar-refractivity contribution in [3.05, 3.63) is 11.4 Å². The van der Waals surface area contributed by atoms with Crippen molar-refractivity contribution in [1.29, 1.82) is 0 Å². The van der Waals surface area contributed by atoms with Gasteiger partial charge in [0.25, 0.3) is 0 Å². The minimum atomic E-state index is 0.592. The number of nitrogen functional groups attached to an aromatic ring is 1. The molecule has 1 heterocycles. The summed E-state index contributed by atoms with van der Waals surface area (Å²) >= 11 is 0. The minimum absolute atomic E-state index is 0.592. The van der Waals surface area contributed by atoms with E-state index in [-0.39, 0.29) is 0 Å². The van der Waals surface area contributed by atoms with E-state index in [1.54, 1.807) is 0 Å². The summed E-state index contributed by atoms with van der Waals surface area (Å²) in [7, 11) is 2.04. The molecule has 1 aromatic rings. The van der Waals surface area contributed by atoms with Gasteiger partial charge < -0.3 is 10.3 Å². The Hall–Kier alpha value is -1.36. The van der Waals surface area contributed by atoms with Gasteiger partial charge in [0.15, 0.2) is 0 Å². The Labute approximate surface area is 97.0 Å². The molecule has 0 bridgehead atoms. The Morgan fingerprint density at radius 2 is 1.94 bits per heavy atom. The normalized spacial score (nSPS) is 10.7. The molecule has 0 fully saturated rings. The largest absolute Gasteiger partial charge is 0.359 e. The lowest BCUT2D eigenvalue weighted by Gasteiger charge is -2.23. The fraction of sp³-hybridized carbons (Fsp3) is 0.636. The summed E-state index contributed by atoms with van der Waals surface area (Å²) in [6, 6.07) is 0. The molecule has 3 N–H and O–H groups in total. The number of rotatable bonds is 4. The third-order valence-corrected chi connectivity index (χ3v) is 2.37. The molecule has 16 heavy (non-hydrogen) atoms.